The van der Waals surface area contributed by atoms with Crippen molar-refractivity contribution in [2.24, 2.45) is 5.73 Å². The van der Waals surface area contributed by atoms with E-state index < -0.39 is 17.3 Å². The van der Waals surface area contributed by atoms with Gasteiger partial charge in [0.05, 0.1) is 6.61 Å². The highest BCUT2D eigenvalue weighted by atomic mass is 16.5. The van der Waals surface area contributed by atoms with Crippen molar-refractivity contribution in [1.82, 2.24) is 10.2 Å². The summed E-state index contributed by atoms with van der Waals surface area (Å²) in [5.41, 5.74) is 6.01. The molecule has 2 aliphatic rings. The van der Waals surface area contributed by atoms with Crippen molar-refractivity contribution in [2.75, 3.05) is 18.1 Å². The molecule has 0 fully saturated rings. The van der Waals surface area contributed by atoms with E-state index in [9.17, 15) is 14.9 Å². The molecule has 2 aliphatic heterocycles. The van der Waals surface area contributed by atoms with Crippen LogP contribution in [0.4, 0.5) is 5.82 Å². The van der Waals surface area contributed by atoms with Crippen molar-refractivity contribution in [1.29, 1.82) is 5.26 Å². The number of hydrogen-bond acceptors (Lipinski definition) is 7. The molecule has 1 atom stereocenters. The molecular weight excluding hydrogens is 362 g/mol. The Hall–Kier alpha value is -3.80. The number of benzene rings is 1. The zero-order valence-corrected chi connectivity index (χ0v) is 15.3. The average molecular weight is 379 g/mol. The highest BCUT2D eigenvalue weighted by Crippen LogP contribution is 2.55. The number of ether oxygens (including phenoxy) is 2. The van der Waals surface area contributed by atoms with Crippen molar-refractivity contribution in [3.63, 3.8) is 0 Å². The van der Waals surface area contributed by atoms with Gasteiger partial charge in [-0.1, -0.05) is 18.2 Å². The molecule has 0 saturated heterocycles. The molecular formula is C19H17N5O4. The number of rotatable bonds is 3. The monoisotopic (exact) mass is 379 g/mol. The Kier molecular flexibility index (Phi) is 3.85. The number of nitriles is 1. The molecule has 9 nitrogen and oxygen atoms in total. The standard InChI is InChI=1S/C19H17N5O4/c1-3-27-14(25)9-24-17-15(10(2)22-23-17)19(18(24)26)11-6-4-5-7-13(11)28-16(21)12(19)8-20/h4-7H,3,9,21H2,1-2H3,(H,22,23)/t19-/m0/s1. The predicted octanol–water partition coefficient (Wildman–Crippen LogP) is 1.00. The van der Waals surface area contributed by atoms with Gasteiger partial charge in [-0.3, -0.25) is 19.6 Å². The number of nitrogens with one attached hydrogen (secondary N) is 1. The number of aromatic nitrogens is 2. The van der Waals surface area contributed by atoms with E-state index in [0.717, 1.165) is 0 Å². The number of nitrogens with zero attached hydrogens (tertiary/aromatic N) is 3. The smallest absolute Gasteiger partial charge is 0.326 e. The van der Waals surface area contributed by atoms with E-state index in [1.807, 2.05) is 6.07 Å². The number of aromatic amines is 1. The van der Waals surface area contributed by atoms with Crippen LogP contribution < -0.4 is 15.4 Å². The van der Waals surface area contributed by atoms with Crippen LogP contribution in [0, 0.1) is 18.3 Å². The summed E-state index contributed by atoms with van der Waals surface area (Å²) >= 11 is 0. The van der Waals surface area contributed by atoms with Crippen LogP contribution in [-0.4, -0.2) is 35.2 Å². The van der Waals surface area contributed by atoms with Crippen LogP contribution in [0.1, 0.15) is 23.7 Å². The maximum Gasteiger partial charge on any atom is 0.326 e. The lowest BCUT2D eigenvalue weighted by Gasteiger charge is -2.34. The molecule has 0 bridgehead atoms. The van der Waals surface area contributed by atoms with Gasteiger partial charge in [0.25, 0.3) is 0 Å². The Labute approximate surface area is 160 Å². The van der Waals surface area contributed by atoms with Crippen LogP contribution in [0.25, 0.3) is 0 Å². The Balaban J connectivity index is 2.01. The van der Waals surface area contributed by atoms with E-state index >= 15 is 0 Å². The van der Waals surface area contributed by atoms with E-state index in [1.54, 1.807) is 38.1 Å². The predicted molar refractivity (Wildman–Crippen MR) is 97.0 cm³/mol. The van der Waals surface area contributed by atoms with Crippen LogP contribution in [0.15, 0.2) is 35.7 Å². The topological polar surface area (TPSA) is 134 Å². The van der Waals surface area contributed by atoms with Gasteiger partial charge in [0.15, 0.2) is 5.82 Å². The van der Waals surface area contributed by atoms with E-state index in [2.05, 4.69) is 10.2 Å². The average Bonchev–Trinajstić information content (AvgIpc) is 3.15. The minimum Gasteiger partial charge on any atom is -0.465 e. The number of H-pyrrole nitrogens is 1. The molecule has 28 heavy (non-hydrogen) atoms. The number of nitrogens with two attached hydrogens (primary N) is 1. The lowest BCUT2D eigenvalue weighted by atomic mass is 9.69. The summed E-state index contributed by atoms with van der Waals surface area (Å²) < 4.78 is 10.6. The molecule has 9 heteroatoms. The Morgan fingerprint density at radius 2 is 2.21 bits per heavy atom. The quantitative estimate of drug-likeness (QED) is 0.760. The highest BCUT2D eigenvalue weighted by molar-refractivity contribution is 6.15. The SMILES string of the molecule is CCOC(=O)CN1C(=O)[C@@]2(C(C#N)=C(N)Oc3ccccc32)c2c1n[nH]c2C. The van der Waals surface area contributed by atoms with Crippen molar-refractivity contribution in [3.8, 4) is 11.8 Å². The third-order valence-electron chi connectivity index (χ3n) is 4.96. The molecule has 4 rings (SSSR count). The molecule has 1 aromatic carbocycles. The molecule has 3 heterocycles. The van der Waals surface area contributed by atoms with Gasteiger partial charge in [-0.15, -0.1) is 0 Å². The normalized spacial score (nSPS) is 19.9. The molecule has 0 radical (unpaired) electrons. The summed E-state index contributed by atoms with van der Waals surface area (Å²) in [4.78, 5) is 27.1. The van der Waals surface area contributed by atoms with Crippen molar-refractivity contribution in [2.45, 2.75) is 19.3 Å². The van der Waals surface area contributed by atoms with E-state index in [-0.39, 0.29) is 30.4 Å². The second kappa shape index (κ2) is 6.13. The number of hydrogen-bond donors (Lipinski definition) is 2. The maximum atomic E-state index is 13.7. The first-order chi connectivity index (χ1) is 13.5. The van der Waals surface area contributed by atoms with Crippen molar-refractivity contribution >= 4 is 17.7 Å². The first-order valence-electron chi connectivity index (χ1n) is 8.67. The molecule has 2 aromatic rings. The van der Waals surface area contributed by atoms with Gasteiger partial charge < -0.3 is 15.2 Å². The summed E-state index contributed by atoms with van der Waals surface area (Å²) in [5, 5.41) is 16.9. The number of aryl methyl sites for hydroxylation is 1. The number of carbonyl (C=O) groups is 2. The Morgan fingerprint density at radius 1 is 1.46 bits per heavy atom. The Morgan fingerprint density at radius 3 is 2.93 bits per heavy atom. The summed E-state index contributed by atoms with van der Waals surface area (Å²) in [7, 11) is 0. The molecule has 1 amide bonds. The largest absolute Gasteiger partial charge is 0.465 e. The molecule has 0 saturated carbocycles. The van der Waals surface area contributed by atoms with E-state index in [1.165, 1.54) is 4.90 Å². The number of carbonyl (C=O) groups excluding carboxylic acids is 2. The van der Waals surface area contributed by atoms with Gasteiger partial charge in [0.2, 0.25) is 11.8 Å². The van der Waals surface area contributed by atoms with E-state index in [4.69, 9.17) is 15.2 Å². The number of anilines is 1. The first-order valence-corrected chi connectivity index (χ1v) is 8.67. The molecule has 3 N–H and O–H groups in total. The minimum atomic E-state index is -1.54. The van der Waals surface area contributed by atoms with Gasteiger partial charge in [-0.2, -0.15) is 10.4 Å². The Bertz CT molecular complexity index is 1080. The van der Waals surface area contributed by atoms with Crippen LogP contribution in [0.2, 0.25) is 0 Å². The summed E-state index contributed by atoms with van der Waals surface area (Å²) in [6.45, 7) is 3.29. The lowest BCUT2D eigenvalue weighted by Crippen LogP contribution is -2.47. The molecule has 142 valence electrons. The number of esters is 1. The van der Waals surface area contributed by atoms with Crippen molar-refractivity contribution < 1.29 is 19.1 Å². The summed E-state index contributed by atoms with van der Waals surface area (Å²) in [6.07, 6.45) is 0. The first kappa shape index (κ1) is 17.6. The van der Waals surface area contributed by atoms with Gasteiger partial charge in [0.1, 0.15) is 29.4 Å². The van der Waals surface area contributed by atoms with Crippen LogP contribution in [-0.2, 0) is 19.7 Å². The fourth-order valence-electron chi connectivity index (χ4n) is 3.92. The van der Waals surface area contributed by atoms with Gasteiger partial charge >= 0.3 is 5.97 Å². The summed E-state index contributed by atoms with van der Waals surface area (Å²) in [6, 6.07) is 8.92. The number of para-hydroxylation sites is 1. The zero-order chi connectivity index (χ0) is 20.1. The second-order valence-corrected chi connectivity index (χ2v) is 6.44. The maximum absolute atomic E-state index is 13.7. The minimum absolute atomic E-state index is 0.0340. The number of fused-ring (bicyclic) bond motifs is 4. The van der Waals surface area contributed by atoms with E-state index in [0.29, 0.717) is 22.6 Å². The van der Waals surface area contributed by atoms with Crippen LogP contribution in [0.5, 0.6) is 5.75 Å². The van der Waals surface area contributed by atoms with Crippen LogP contribution in [0.3, 0.4) is 0 Å². The lowest BCUT2D eigenvalue weighted by molar-refractivity contribution is -0.142. The summed E-state index contributed by atoms with van der Waals surface area (Å²) in [5.74, 6) is -0.579. The molecule has 0 unspecified atom stereocenters. The molecule has 1 aromatic heterocycles. The molecule has 1 spiro atoms. The fraction of sp³-hybridized carbons (Fsp3) is 0.263. The third kappa shape index (κ3) is 2.08. The second-order valence-electron chi connectivity index (χ2n) is 6.44. The van der Waals surface area contributed by atoms with Gasteiger partial charge in [-0.25, -0.2) is 0 Å². The fourth-order valence-corrected chi connectivity index (χ4v) is 3.92. The zero-order valence-electron chi connectivity index (χ0n) is 15.3. The van der Waals surface area contributed by atoms with Crippen LogP contribution >= 0.6 is 0 Å². The highest BCUT2D eigenvalue weighted by Gasteiger charge is 2.61. The van der Waals surface area contributed by atoms with Gasteiger partial charge in [0, 0.05) is 16.8 Å². The molecule has 0 aliphatic carbocycles. The third-order valence-corrected chi connectivity index (χ3v) is 4.96. The van der Waals surface area contributed by atoms with Crippen molar-refractivity contribution in [3.05, 3.63) is 52.5 Å². The van der Waals surface area contributed by atoms with Gasteiger partial charge in [-0.05, 0) is 19.9 Å². The number of amides is 1.